The van der Waals surface area contributed by atoms with Crippen LogP contribution in [0.4, 0.5) is 0 Å². The van der Waals surface area contributed by atoms with Crippen LogP contribution in [0, 0.1) is 11.8 Å². The first-order valence-corrected chi connectivity index (χ1v) is 8.13. The average Bonchev–Trinajstić information content (AvgIpc) is 2.37. The largest absolute Gasteiger partial charge is 0.481 e. The predicted octanol–water partition coefficient (Wildman–Crippen LogP) is 3.96. The minimum Gasteiger partial charge on any atom is -0.481 e. The van der Waals surface area contributed by atoms with Crippen LogP contribution in [0.3, 0.4) is 0 Å². The predicted molar refractivity (Wildman–Crippen MR) is 79.1 cm³/mol. The fourth-order valence-corrected chi connectivity index (χ4v) is 3.34. The maximum atomic E-state index is 11.4. The van der Waals surface area contributed by atoms with Crippen molar-refractivity contribution >= 4 is 5.97 Å². The summed E-state index contributed by atoms with van der Waals surface area (Å²) in [6.07, 6.45) is 12.3. The summed E-state index contributed by atoms with van der Waals surface area (Å²) in [5.74, 6) is -0.443. The van der Waals surface area contributed by atoms with Gasteiger partial charge in [0.15, 0.2) is 0 Å². The lowest BCUT2D eigenvalue weighted by atomic mass is 9.76. The van der Waals surface area contributed by atoms with Crippen LogP contribution in [0.5, 0.6) is 0 Å². The Morgan fingerprint density at radius 1 is 1.21 bits per heavy atom. The molecule has 0 aliphatic heterocycles. The van der Waals surface area contributed by atoms with Crippen molar-refractivity contribution in [3.8, 4) is 0 Å². The summed E-state index contributed by atoms with van der Waals surface area (Å²) in [6.45, 7) is 2.22. The minimum atomic E-state index is -0.604. The molecule has 0 radical (unpaired) electrons. The van der Waals surface area contributed by atoms with Crippen LogP contribution in [-0.4, -0.2) is 17.1 Å². The van der Waals surface area contributed by atoms with E-state index in [2.05, 4.69) is 6.92 Å². The average molecular weight is 269 g/mol. The summed E-state index contributed by atoms with van der Waals surface area (Å²) in [5, 5.41) is 9.41. The molecular formula is C16H31NO2. The van der Waals surface area contributed by atoms with Gasteiger partial charge in [0.25, 0.3) is 0 Å². The Balaban J connectivity index is 2.26. The fraction of sp³-hybridized carbons (Fsp3) is 0.938. The van der Waals surface area contributed by atoms with E-state index in [0.717, 1.165) is 38.5 Å². The van der Waals surface area contributed by atoms with E-state index in [1.807, 2.05) is 0 Å². The second-order valence-electron chi connectivity index (χ2n) is 6.19. The van der Waals surface area contributed by atoms with Crippen molar-refractivity contribution in [3.63, 3.8) is 0 Å². The molecule has 3 heteroatoms. The Hall–Kier alpha value is -0.570. The second-order valence-corrected chi connectivity index (χ2v) is 6.19. The van der Waals surface area contributed by atoms with Gasteiger partial charge in [-0.2, -0.15) is 0 Å². The van der Waals surface area contributed by atoms with Gasteiger partial charge >= 0.3 is 5.97 Å². The molecule has 1 aliphatic carbocycles. The Morgan fingerprint density at radius 3 is 2.53 bits per heavy atom. The molecule has 0 saturated heterocycles. The number of nitrogens with two attached hydrogens (primary N) is 1. The lowest BCUT2D eigenvalue weighted by molar-refractivity contribution is -0.144. The molecule has 3 atom stereocenters. The van der Waals surface area contributed by atoms with Gasteiger partial charge in [-0.1, -0.05) is 51.9 Å². The number of carbonyl (C=O) groups is 1. The SMILES string of the molecule is CCCCCCCCC(C(=O)O)C1CCCC(N)C1. The van der Waals surface area contributed by atoms with Crippen LogP contribution in [0.15, 0.2) is 0 Å². The van der Waals surface area contributed by atoms with E-state index >= 15 is 0 Å². The molecule has 0 aromatic rings. The zero-order chi connectivity index (χ0) is 14.1. The van der Waals surface area contributed by atoms with Crippen molar-refractivity contribution in [2.75, 3.05) is 0 Å². The Bertz CT molecular complexity index is 255. The molecule has 112 valence electrons. The molecule has 0 aromatic carbocycles. The van der Waals surface area contributed by atoms with Gasteiger partial charge in [0.05, 0.1) is 5.92 Å². The maximum Gasteiger partial charge on any atom is 0.306 e. The molecular weight excluding hydrogens is 238 g/mol. The van der Waals surface area contributed by atoms with Gasteiger partial charge in [0.2, 0.25) is 0 Å². The summed E-state index contributed by atoms with van der Waals surface area (Å²) in [7, 11) is 0. The number of hydrogen-bond donors (Lipinski definition) is 2. The van der Waals surface area contributed by atoms with Crippen LogP contribution in [0.25, 0.3) is 0 Å². The summed E-state index contributed by atoms with van der Waals surface area (Å²) >= 11 is 0. The van der Waals surface area contributed by atoms with Crippen LogP contribution in [0.2, 0.25) is 0 Å². The number of rotatable bonds is 9. The standard InChI is InChI=1S/C16H31NO2/c1-2-3-4-5-6-7-11-15(16(18)19)13-9-8-10-14(17)12-13/h13-15H,2-12,17H2,1H3,(H,18,19). The minimum absolute atomic E-state index is 0.155. The first-order chi connectivity index (χ1) is 9.15. The van der Waals surface area contributed by atoms with E-state index in [1.165, 1.54) is 32.1 Å². The van der Waals surface area contributed by atoms with E-state index in [9.17, 15) is 9.90 Å². The van der Waals surface area contributed by atoms with Gasteiger partial charge in [-0.25, -0.2) is 0 Å². The first kappa shape index (κ1) is 16.5. The van der Waals surface area contributed by atoms with E-state index in [-0.39, 0.29) is 12.0 Å². The van der Waals surface area contributed by atoms with E-state index in [1.54, 1.807) is 0 Å². The second kappa shape index (κ2) is 9.35. The first-order valence-electron chi connectivity index (χ1n) is 8.13. The summed E-state index contributed by atoms with van der Waals surface area (Å²) in [6, 6.07) is 0.227. The van der Waals surface area contributed by atoms with Crippen molar-refractivity contribution in [2.24, 2.45) is 17.6 Å². The van der Waals surface area contributed by atoms with Crippen LogP contribution < -0.4 is 5.73 Å². The molecule has 0 bridgehead atoms. The summed E-state index contributed by atoms with van der Waals surface area (Å²) in [5.41, 5.74) is 5.98. The lowest BCUT2D eigenvalue weighted by Crippen LogP contribution is -2.34. The third kappa shape index (κ3) is 6.42. The summed E-state index contributed by atoms with van der Waals surface area (Å²) < 4.78 is 0. The highest BCUT2D eigenvalue weighted by Gasteiger charge is 2.31. The number of carboxylic acid groups (broad SMARTS) is 1. The van der Waals surface area contributed by atoms with E-state index in [0.29, 0.717) is 5.92 Å². The van der Waals surface area contributed by atoms with E-state index in [4.69, 9.17) is 5.73 Å². The van der Waals surface area contributed by atoms with Gasteiger partial charge in [-0.3, -0.25) is 4.79 Å². The number of carboxylic acids is 1. The van der Waals surface area contributed by atoms with Crippen molar-refractivity contribution in [1.82, 2.24) is 0 Å². The van der Waals surface area contributed by atoms with Crippen LogP contribution >= 0.6 is 0 Å². The molecule has 0 heterocycles. The van der Waals surface area contributed by atoms with Crippen molar-refractivity contribution in [3.05, 3.63) is 0 Å². The van der Waals surface area contributed by atoms with Crippen molar-refractivity contribution in [1.29, 1.82) is 0 Å². The molecule has 1 fully saturated rings. The van der Waals surface area contributed by atoms with Gasteiger partial charge in [0, 0.05) is 6.04 Å². The monoisotopic (exact) mass is 269 g/mol. The quantitative estimate of drug-likeness (QED) is 0.623. The van der Waals surface area contributed by atoms with Gasteiger partial charge in [-0.15, -0.1) is 0 Å². The fourth-order valence-electron chi connectivity index (χ4n) is 3.34. The molecule has 3 nitrogen and oxygen atoms in total. The Kier molecular flexibility index (Phi) is 8.11. The van der Waals surface area contributed by atoms with Crippen molar-refractivity contribution < 1.29 is 9.90 Å². The third-order valence-electron chi connectivity index (χ3n) is 4.51. The molecule has 0 amide bonds. The molecule has 3 unspecified atom stereocenters. The molecule has 0 spiro atoms. The highest BCUT2D eigenvalue weighted by Crippen LogP contribution is 2.32. The zero-order valence-corrected chi connectivity index (χ0v) is 12.4. The highest BCUT2D eigenvalue weighted by atomic mass is 16.4. The van der Waals surface area contributed by atoms with Crippen LogP contribution in [0.1, 0.15) is 77.6 Å². The van der Waals surface area contributed by atoms with E-state index < -0.39 is 5.97 Å². The Morgan fingerprint density at radius 2 is 1.89 bits per heavy atom. The maximum absolute atomic E-state index is 11.4. The molecule has 0 aromatic heterocycles. The number of aliphatic carboxylic acids is 1. The third-order valence-corrected chi connectivity index (χ3v) is 4.51. The van der Waals surface area contributed by atoms with Gasteiger partial charge in [0.1, 0.15) is 0 Å². The lowest BCUT2D eigenvalue weighted by Gasteiger charge is -2.31. The molecule has 3 N–H and O–H groups in total. The number of hydrogen-bond acceptors (Lipinski definition) is 2. The molecule has 1 rings (SSSR count). The number of unbranched alkanes of at least 4 members (excludes halogenated alkanes) is 5. The van der Waals surface area contributed by atoms with Crippen LogP contribution in [-0.2, 0) is 4.79 Å². The zero-order valence-electron chi connectivity index (χ0n) is 12.4. The van der Waals surface area contributed by atoms with Gasteiger partial charge < -0.3 is 10.8 Å². The smallest absolute Gasteiger partial charge is 0.306 e. The molecule has 19 heavy (non-hydrogen) atoms. The topological polar surface area (TPSA) is 63.3 Å². The molecule has 1 aliphatic rings. The molecule has 1 saturated carbocycles. The highest BCUT2D eigenvalue weighted by molar-refractivity contribution is 5.70. The van der Waals surface area contributed by atoms with Crippen molar-refractivity contribution in [2.45, 2.75) is 83.6 Å². The normalized spacial score (nSPS) is 25.2. The summed E-state index contributed by atoms with van der Waals surface area (Å²) in [4.78, 5) is 11.4. The Labute approximate surface area is 118 Å². The van der Waals surface area contributed by atoms with Gasteiger partial charge in [-0.05, 0) is 31.6 Å².